The first-order chi connectivity index (χ1) is 8.53. The van der Waals surface area contributed by atoms with Crippen LogP contribution in [0.5, 0.6) is 11.5 Å². The Balaban J connectivity index is 2.27. The van der Waals surface area contributed by atoms with Crippen LogP contribution < -0.4 is 9.47 Å². The van der Waals surface area contributed by atoms with Crippen molar-refractivity contribution in [3.05, 3.63) is 21.0 Å². The third kappa shape index (κ3) is 1.71. The van der Waals surface area contributed by atoms with Crippen LogP contribution in [0.3, 0.4) is 0 Å². The summed E-state index contributed by atoms with van der Waals surface area (Å²) in [4.78, 5) is 0. The molecule has 0 N–H and O–H groups in total. The minimum atomic E-state index is -0.333. The summed E-state index contributed by atoms with van der Waals surface area (Å²) in [6.45, 7) is 4.11. The van der Waals surface area contributed by atoms with Crippen LogP contribution in [0.25, 0.3) is 11.3 Å². The molecule has 1 aliphatic heterocycles. The molecular formula is C12H11BrN2O2Se. The van der Waals surface area contributed by atoms with Gasteiger partial charge in [0.15, 0.2) is 0 Å². The van der Waals surface area contributed by atoms with Gasteiger partial charge in [0.1, 0.15) is 0 Å². The van der Waals surface area contributed by atoms with Gasteiger partial charge in [-0.25, -0.2) is 0 Å². The topological polar surface area (TPSA) is 44.2 Å². The van der Waals surface area contributed by atoms with Gasteiger partial charge in [-0.3, -0.25) is 0 Å². The summed E-state index contributed by atoms with van der Waals surface area (Å²) in [6, 6.07) is 3.88. The third-order valence-electron chi connectivity index (χ3n) is 2.91. The van der Waals surface area contributed by atoms with E-state index in [2.05, 4.69) is 39.0 Å². The first-order valence-corrected chi connectivity index (χ1v) is 7.84. The molecule has 0 spiro atoms. The van der Waals surface area contributed by atoms with Gasteiger partial charge in [0.25, 0.3) is 0 Å². The Morgan fingerprint density at radius 3 is 2.89 bits per heavy atom. The second-order valence-corrected chi connectivity index (χ2v) is 6.98. The van der Waals surface area contributed by atoms with Crippen molar-refractivity contribution in [1.29, 1.82) is 0 Å². The Hall–Kier alpha value is -0.841. The zero-order chi connectivity index (χ0) is 12.9. The molecule has 0 amide bonds. The molecule has 0 radical (unpaired) electrons. The Bertz CT molecular complexity index is 625. The van der Waals surface area contributed by atoms with Crippen LogP contribution in [0.4, 0.5) is 0 Å². The molecular weight excluding hydrogens is 363 g/mol. The molecule has 94 valence electrons. The second-order valence-electron chi connectivity index (χ2n) is 4.55. The van der Waals surface area contributed by atoms with E-state index in [1.807, 2.05) is 12.1 Å². The van der Waals surface area contributed by atoms with Crippen LogP contribution in [0.2, 0.25) is 0 Å². The molecule has 18 heavy (non-hydrogen) atoms. The van der Waals surface area contributed by atoms with E-state index in [9.17, 15) is 0 Å². The standard InChI is InChI=1S/C12H11BrN2O2Se/c1-12(2)11-10(14-15-18-11)6-4-9(16-3)7(13)5-8(6)17-12/h4-5H,1-3H3. The number of hydrogen-bond acceptors (Lipinski definition) is 4. The van der Waals surface area contributed by atoms with Crippen LogP contribution in [0, 0.1) is 0 Å². The maximum absolute atomic E-state index is 6.07. The average molecular weight is 374 g/mol. The van der Waals surface area contributed by atoms with Gasteiger partial charge in [0.2, 0.25) is 0 Å². The SMILES string of the molecule is COc1cc2c(cc1Br)OC(C)(C)c1[se]nnc1-2. The number of methoxy groups -OCH3 is 1. The molecule has 2 aromatic rings. The number of benzene rings is 1. The van der Waals surface area contributed by atoms with Crippen molar-refractivity contribution in [2.45, 2.75) is 19.4 Å². The molecule has 0 bridgehead atoms. The number of ether oxygens (including phenoxy) is 2. The van der Waals surface area contributed by atoms with Crippen LogP contribution >= 0.6 is 15.9 Å². The summed E-state index contributed by atoms with van der Waals surface area (Å²) in [6.07, 6.45) is 0. The van der Waals surface area contributed by atoms with Crippen LogP contribution in [0.15, 0.2) is 16.6 Å². The number of fused-ring (bicyclic) bond motifs is 3. The van der Waals surface area contributed by atoms with Gasteiger partial charge in [-0.2, -0.15) is 0 Å². The molecule has 0 fully saturated rings. The fourth-order valence-corrected chi connectivity index (χ4v) is 4.00. The van der Waals surface area contributed by atoms with E-state index in [1.165, 1.54) is 4.44 Å². The zero-order valence-corrected chi connectivity index (χ0v) is 13.5. The summed E-state index contributed by atoms with van der Waals surface area (Å²) in [7, 11) is 1.65. The van der Waals surface area contributed by atoms with Crippen LogP contribution in [0.1, 0.15) is 18.3 Å². The molecule has 1 aliphatic rings. The number of hydrogen-bond donors (Lipinski definition) is 0. The maximum atomic E-state index is 6.07. The van der Waals surface area contributed by atoms with Crippen LogP contribution in [-0.4, -0.2) is 31.0 Å². The summed E-state index contributed by atoms with van der Waals surface area (Å²) in [5.41, 5.74) is 1.58. The molecule has 0 aliphatic carbocycles. The molecule has 2 heterocycles. The van der Waals surface area contributed by atoms with E-state index in [0.29, 0.717) is 0 Å². The van der Waals surface area contributed by atoms with Gasteiger partial charge in [-0.1, -0.05) is 0 Å². The molecule has 0 saturated heterocycles. The van der Waals surface area contributed by atoms with Crippen molar-refractivity contribution in [2.24, 2.45) is 0 Å². The second kappa shape index (κ2) is 4.08. The number of nitrogens with zero attached hydrogens (tertiary/aromatic N) is 2. The van der Waals surface area contributed by atoms with E-state index in [0.717, 1.165) is 27.2 Å². The molecule has 3 rings (SSSR count). The average Bonchev–Trinajstić information content (AvgIpc) is 2.78. The predicted octanol–water partition coefficient (Wildman–Crippen LogP) is 2.60. The van der Waals surface area contributed by atoms with Crippen molar-refractivity contribution in [1.82, 2.24) is 9.19 Å². The first-order valence-electron chi connectivity index (χ1n) is 5.42. The van der Waals surface area contributed by atoms with E-state index >= 15 is 0 Å². The van der Waals surface area contributed by atoms with Gasteiger partial charge in [0.05, 0.1) is 0 Å². The molecule has 6 heteroatoms. The van der Waals surface area contributed by atoms with E-state index < -0.39 is 0 Å². The first kappa shape index (κ1) is 12.2. The molecule has 1 aromatic carbocycles. The number of aromatic nitrogens is 2. The summed E-state index contributed by atoms with van der Waals surface area (Å²) < 4.78 is 17.6. The normalized spacial score (nSPS) is 15.6. The van der Waals surface area contributed by atoms with Gasteiger partial charge in [0, 0.05) is 0 Å². The van der Waals surface area contributed by atoms with Gasteiger partial charge in [-0.15, -0.1) is 0 Å². The summed E-state index contributed by atoms with van der Waals surface area (Å²) in [5.74, 6) is 1.60. The monoisotopic (exact) mass is 374 g/mol. The quantitative estimate of drug-likeness (QED) is 0.720. The molecule has 0 unspecified atom stereocenters. The van der Waals surface area contributed by atoms with Crippen molar-refractivity contribution < 1.29 is 9.47 Å². The van der Waals surface area contributed by atoms with E-state index in [1.54, 1.807) is 7.11 Å². The Morgan fingerprint density at radius 2 is 2.17 bits per heavy atom. The summed E-state index contributed by atoms with van der Waals surface area (Å²) >= 11 is 3.51. The number of halogens is 1. The molecule has 4 nitrogen and oxygen atoms in total. The van der Waals surface area contributed by atoms with Gasteiger partial charge >= 0.3 is 120 Å². The van der Waals surface area contributed by atoms with Crippen molar-refractivity contribution >= 4 is 30.7 Å². The molecule has 0 saturated carbocycles. The Labute approximate surface area is 119 Å². The fraction of sp³-hybridized carbons (Fsp3) is 0.333. The minimum absolute atomic E-state index is 0.0385. The van der Waals surface area contributed by atoms with Crippen molar-refractivity contribution in [3.8, 4) is 22.8 Å². The zero-order valence-electron chi connectivity index (χ0n) is 10.2. The van der Waals surface area contributed by atoms with Gasteiger partial charge in [-0.05, 0) is 0 Å². The predicted molar refractivity (Wildman–Crippen MR) is 72.3 cm³/mol. The summed E-state index contributed by atoms with van der Waals surface area (Å²) in [5, 5.41) is 4.28. The van der Waals surface area contributed by atoms with Crippen molar-refractivity contribution in [3.63, 3.8) is 0 Å². The third-order valence-corrected chi connectivity index (χ3v) is 5.69. The fourth-order valence-electron chi connectivity index (χ4n) is 2.04. The number of rotatable bonds is 1. The Kier molecular flexibility index (Phi) is 2.77. The van der Waals surface area contributed by atoms with E-state index in [-0.39, 0.29) is 20.3 Å². The van der Waals surface area contributed by atoms with Crippen LogP contribution in [-0.2, 0) is 5.60 Å². The van der Waals surface area contributed by atoms with Gasteiger partial charge < -0.3 is 0 Å². The molecule has 0 atom stereocenters. The Morgan fingerprint density at radius 1 is 1.39 bits per heavy atom. The molecule has 1 aromatic heterocycles. The van der Waals surface area contributed by atoms with Crippen molar-refractivity contribution in [2.75, 3.05) is 7.11 Å². The van der Waals surface area contributed by atoms with E-state index in [4.69, 9.17) is 9.47 Å².